The lowest BCUT2D eigenvalue weighted by Crippen LogP contribution is -2.15. The van der Waals surface area contributed by atoms with Gasteiger partial charge in [0.05, 0.1) is 11.8 Å². The van der Waals surface area contributed by atoms with Gasteiger partial charge >= 0.3 is 12.3 Å². The Balaban J connectivity index is 3.41. The van der Waals surface area contributed by atoms with Crippen molar-refractivity contribution in [3.05, 3.63) is 0 Å². The van der Waals surface area contributed by atoms with E-state index in [0.717, 1.165) is 0 Å². The summed E-state index contributed by atoms with van der Waals surface area (Å²) < 4.78 is 8.59. The number of halogens is 2. The van der Waals surface area contributed by atoms with Crippen molar-refractivity contribution in [2.45, 2.75) is 0 Å². The summed E-state index contributed by atoms with van der Waals surface area (Å²) in [6, 6.07) is 0. The molecule has 0 saturated heterocycles. The van der Waals surface area contributed by atoms with Crippen molar-refractivity contribution in [1.82, 2.24) is 0 Å². The first kappa shape index (κ1) is 13.1. The van der Waals surface area contributed by atoms with Gasteiger partial charge in [-0.25, -0.2) is 0 Å². The SMILES string of the molecule is O=C(OCCCl)OOC(=O)OCCCl. The highest BCUT2D eigenvalue weighted by Gasteiger charge is 2.10. The molecule has 82 valence electrons. The van der Waals surface area contributed by atoms with Gasteiger partial charge in [-0.05, 0) is 0 Å². The average molecular weight is 247 g/mol. The molecule has 0 aromatic heterocycles. The summed E-state index contributed by atoms with van der Waals surface area (Å²) in [5.41, 5.74) is 0. The highest BCUT2D eigenvalue weighted by atomic mass is 35.5. The van der Waals surface area contributed by atoms with Crippen LogP contribution in [0.3, 0.4) is 0 Å². The Morgan fingerprint density at radius 2 is 1.21 bits per heavy atom. The number of ether oxygens (including phenoxy) is 2. The van der Waals surface area contributed by atoms with Crippen molar-refractivity contribution in [3.8, 4) is 0 Å². The molecule has 0 heterocycles. The molecule has 0 saturated carbocycles. The molecule has 0 aromatic rings. The third-order valence-corrected chi connectivity index (χ3v) is 1.08. The summed E-state index contributed by atoms with van der Waals surface area (Å²) >= 11 is 10.4. The van der Waals surface area contributed by atoms with Crippen LogP contribution in [0, 0.1) is 0 Å². The first-order valence-electron chi connectivity index (χ1n) is 3.50. The number of hydrogen-bond acceptors (Lipinski definition) is 6. The number of carbonyl (C=O) groups is 2. The van der Waals surface area contributed by atoms with Crippen LogP contribution in [0.4, 0.5) is 9.59 Å². The summed E-state index contributed by atoms with van der Waals surface area (Å²) in [4.78, 5) is 28.8. The van der Waals surface area contributed by atoms with Crippen LogP contribution in [0.2, 0.25) is 0 Å². The Labute approximate surface area is 89.9 Å². The molecule has 6 nitrogen and oxygen atoms in total. The zero-order chi connectivity index (χ0) is 10.8. The third kappa shape index (κ3) is 7.75. The van der Waals surface area contributed by atoms with Crippen LogP contribution in [0.5, 0.6) is 0 Å². The van der Waals surface area contributed by atoms with Gasteiger partial charge in [0.25, 0.3) is 0 Å². The lowest BCUT2D eigenvalue weighted by atomic mass is 10.9. The van der Waals surface area contributed by atoms with Gasteiger partial charge in [-0.2, -0.15) is 19.4 Å². The van der Waals surface area contributed by atoms with E-state index in [9.17, 15) is 9.59 Å². The van der Waals surface area contributed by atoms with Crippen molar-refractivity contribution < 1.29 is 28.8 Å². The Morgan fingerprint density at radius 1 is 0.857 bits per heavy atom. The van der Waals surface area contributed by atoms with Crippen LogP contribution in [-0.2, 0) is 19.2 Å². The van der Waals surface area contributed by atoms with Crippen LogP contribution in [0.15, 0.2) is 0 Å². The fourth-order valence-corrected chi connectivity index (χ4v) is 0.514. The Hall–Kier alpha value is -0.880. The molecule has 0 bridgehead atoms. The van der Waals surface area contributed by atoms with Crippen LogP contribution >= 0.6 is 23.2 Å². The van der Waals surface area contributed by atoms with Crippen molar-refractivity contribution >= 4 is 35.5 Å². The molecule has 0 amide bonds. The molecule has 8 heteroatoms. The first-order valence-corrected chi connectivity index (χ1v) is 4.57. The summed E-state index contributed by atoms with van der Waals surface area (Å²) in [6.07, 6.45) is -2.35. The van der Waals surface area contributed by atoms with Gasteiger partial charge in [0, 0.05) is 0 Å². The fourth-order valence-electron chi connectivity index (χ4n) is 0.360. The van der Waals surface area contributed by atoms with Gasteiger partial charge in [0.2, 0.25) is 0 Å². The molecule has 0 aliphatic carbocycles. The van der Waals surface area contributed by atoms with Gasteiger partial charge in [-0.3, -0.25) is 0 Å². The molecular formula is C6H8Cl2O6. The molecule has 0 fully saturated rings. The van der Waals surface area contributed by atoms with Crippen LogP contribution in [0.1, 0.15) is 0 Å². The second-order valence-electron chi connectivity index (χ2n) is 1.74. The quantitative estimate of drug-likeness (QED) is 0.326. The van der Waals surface area contributed by atoms with E-state index in [0.29, 0.717) is 0 Å². The molecule has 0 spiro atoms. The molecule has 0 radical (unpaired) electrons. The normalized spacial score (nSPS) is 9.00. The maximum atomic E-state index is 10.5. The van der Waals surface area contributed by atoms with E-state index in [-0.39, 0.29) is 25.0 Å². The molecule has 14 heavy (non-hydrogen) atoms. The zero-order valence-corrected chi connectivity index (χ0v) is 8.55. The predicted octanol–water partition coefficient (Wildman–Crippen LogP) is 1.69. The summed E-state index contributed by atoms with van der Waals surface area (Å²) in [5.74, 6) is 0.234. The largest absolute Gasteiger partial charge is 0.550 e. The molecule has 0 aliphatic rings. The summed E-state index contributed by atoms with van der Waals surface area (Å²) in [5, 5.41) is 0. The lowest BCUT2D eigenvalue weighted by Gasteiger charge is -2.02. The maximum absolute atomic E-state index is 10.5. The summed E-state index contributed by atoms with van der Waals surface area (Å²) in [6.45, 7) is -0.0824. The lowest BCUT2D eigenvalue weighted by molar-refractivity contribution is -0.216. The number of rotatable bonds is 4. The van der Waals surface area contributed by atoms with Gasteiger partial charge in [0.1, 0.15) is 13.2 Å². The van der Waals surface area contributed by atoms with Gasteiger partial charge < -0.3 is 9.47 Å². The van der Waals surface area contributed by atoms with Gasteiger partial charge in [-0.1, -0.05) is 0 Å². The molecule has 0 N–H and O–H groups in total. The number of alkyl halides is 2. The Morgan fingerprint density at radius 3 is 1.50 bits per heavy atom. The molecule has 0 rings (SSSR count). The highest BCUT2D eigenvalue weighted by molar-refractivity contribution is 6.18. The molecule has 0 aromatic carbocycles. The molecule has 0 atom stereocenters. The van der Waals surface area contributed by atoms with E-state index < -0.39 is 12.3 Å². The average Bonchev–Trinajstić information content (AvgIpc) is 2.20. The maximum Gasteiger partial charge on any atom is 0.550 e. The smallest absolute Gasteiger partial charge is 0.431 e. The monoisotopic (exact) mass is 246 g/mol. The van der Waals surface area contributed by atoms with Crippen LogP contribution in [0.25, 0.3) is 0 Å². The minimum absolute atomic E-state index is 0.0412. The number of carbonyl (C=O) groups excluding carboxylic acids is 2. The molecule has 0 aliphatic heterocycles. The minimum Gasteiger partial charge on any atom is -0.431 e. The Bertz CT molecular complexity index is 165. The van der Waals surface area contributed by atoms with E-state index in [1.54, 1.807) is 0 Å². The highest BCUT2D eigenvalue weighted by Crippen LogP contribution is 1.92. The molecule has 0 unspecified atom stereocenters. The molecular weight excluding hydrogens is 239 g/mol. The predicted molar refractivity (Wildman–Crippen MR) is 46.3 cm³/mol. The van der Waals surface area contributed by atoms with E-state index in [1.165, 1.54) is 0 Å². The minimum atomic E-state index is -1.17. The fraction of sp³-hybridized carbons (Fsp3) is 0.667. The zero-order valence-electron chi connectivity index (χ0n) is 7.03. The van der Waals surface area contributed by atoms with Crippen LogP contribution in [-0.4, -0.2) is 37.3 Å². The second kappa shape index (κ2) is 8.71. The van der Waals surface area contributed by atoms with Crippen molar-refractivity contribution in [2.75, 3.05) is 25.0 Å². The van der Waals surface area contributed by atoms with E-state index >= 15 is 0 Å². The van der Waals surface area contributed by atoms with E-state index in [4.69, 9.17) is 23.2 Å². The van der Waals surface area contributed by atoms with Gasteiger partial charge in [0.15, 0.2) is 0 Å². The van der Waals surface area contributed by atoms with Crippen molar-refractivity contribution in [3.63, 3.8) is 0 Å². The van der Waals surface area contributed by atoms with Gasteiger partial charge in [-0.15, -0.1) is 23.2 Å². The second-order valence-corrected chi connectivity index (χ2v) is 2.50. The standard InChI is InChI=1S/C6H8Cl2O6/c7-1-3-11-5(9)13-14-6(10)12-4-2-8/h1-4H2. The van der Waals surface area contributed by atoms with Crippen LogP contribution < -0.4 is 0 Å². The first-order chi connectivity index (χ1) is 6.70. The van der Waals surface area contributed by atoms with E-state index in [2.05, 4.69) is 19.2 Å². The third-order valence-electron chi connectivity index (χ3n) is 0.772. The van der Waals surface area contributed by atoms with Crippen molar-refractivity contribution in [1.29, 1.82) is 0 Å². The van der Waals surface area contributed by atoms with Crippen molar-refractivity contribution in [2.24, 2.45) is 0 Å². The topological polar surface area (TPSA) is 71.1 Å². The summed E-state index contributed by atoms with van der Waals surface area (Å²) in [7, 11) is 0. The van der Waals surface area contributed by atoms with E-state index in [1.807, 2.05) is 0 Å². The number of hydrogen-bond donors (Lipinski definition) is 0. The Kier molecular flexibility index (Phi) is 8.16.